The third-order valence-corrected chi connectivity index (χ3v) is 9.01. The van der Waals surface area contributed by atoms with E-state index in [4.69, 9.17) is 11.6 Å². The van der Waals surface area contributed by atoms with Crippen LogP contribution in [-0.2, 0) is 32.6 Å². The predicted octanol–water partition coefficient (Wildman–Crippen LogP) is 6.15. The van der Waals surface area contributed by atoms with Crippen LogP contribution in [0.1, 0.15) is 30.5 Å². The quantitative estimate of drug-likeness (QED) is 0.202. The fourth-order valence-corrected chi connectivity index (χ4v) is 6.23. The van der Waals surface area contributed by atoms with Gasteiger partial charge in [0.25, 0.3) is 10.0 Å². The molecule has 0 aromatic heterocycles. The molecule has 0 saturated heterocycles. The molecule has 0 fully saturated rings. The number of carbonyl (C=O) groups excluding carboxylic acids is 2. The van der Waals surface area contributed by atoms with Crippen LogP contribution >= 0.6 is 11.6 Å². The SMILES string of the molecule is Cc1ccc(S(=O)(=O)N(CC(=O)N(Cc2ccc(F)cc2)[C@H](Cc2ccccc2)C(=O)NC(C)C)c2ccc(Cl)cc2)cc1. The molecule has 0 aliphatic rings. The lowest BCUT2D eigenvalue weighted by atomic mass is 10.0. The summed E-state index contributed by atoms with van der Waals surface area (Å²) in [6.07, 6.45) is 0.179. The number of hydrogen-bond acceptors (Lipinski definition) is 4. The monoisotopic (exact) mass is 635 g/mol. The number of halogens is 2. The van der Waals surface area contributed by atoms with Crippen LogP contribution in [0.15, 0.2) is 108 Å². The van der Waals surface area contributed by atoms with Crippen molar-refractivity contribution in [3.8, 4) is 0 Å². The summed E-state index contributed by atoms with van der Waals surface area (Å²) >= 11 is 6.10. The minimum atomic E-state index is -4.22. The lowest BCUT2D eigenvalue weighted by Gasteiger charge is -2.34. The number of nitrogens with one attached hydrogen (secondary N) is 1. The van der Waals surface area contributed by atoms with Crippen molar-refractivity contribution in [1.82, 2.24) is 10.2 Å². The number of rotatable bonds is 12. The summed E-state index contributed by atoms with van der Waals surface area (Å²) < 4.78 is 42.8. The van der Waals surface area contributed by atoms with Gasteiger partial charge in [0.2, 0.25) is 11.8 Å². The molecule has 0 bridgehead atoms. The fraction of sp³-hybridized carbons (Fsp3) is 0.235. The van der Waals surface area contributed by atoms with E-state index in [1.807, 2.05) is 51.1 Å². The summed E-state index contributed by atoms with van der Waals surface area (Å²) in [6.45, 7) is 4.83. The molecule has 4 aromatic rings. The number of sulfonamides is 1. The molecule has 0 heterocycles. The lowest BCUT2D eigenvalue weighted by Crippen LogP contribution is -2.54. The van der Waals surface area contributed by atoms with Crippen LogP contribution in [0.3, 0.4) is 0 Å². The van der Waals surface area contributed by atoms with Gasteiger partial charge in [-0.15, -0.1) is 0 Å². The Hall–Kier alpha value is -4.21. The highest BCUT2D eigenvalue weighted by Crippen LogP contribution is 2.26. The van der Waals surface area contributed by atoms with Crippen molar-refractivity contribution < 1.29 is 22.4 Å². The van der Waals surface area contributed by atoms with Gasteiger partial charge in [0.05, 0.1) is 10.6 Å². The van der Waals surface area contributed by atoms with Crippen LogP contribution in [0.25, 0.3) is 0 Å². The van der Waals surface area contributed by atoms with Gasteiger partial charge in [-0.25, -0.2) is 12.8 Å². The van der Waals surface area contributed by atoms with Crippen molar-refractivity contribution in [3.05, 3.63) is 131 Å². The van der Waals surface area contributed by atoms with Gasteiger partial charge in [-0.3, -0.25) is 13.9 Å². The Bertz CT molecular complexity index is 1660. The molecule has 0 unspecified atom stereocenters. The maximum atomic E-state index is 14.4. The standard InChI is InChI=1S/C34H35ClFN3O4S/c1-24(2)37-34(41)32(21-26-7-5-4-6-8-26)38(22-27-11-15-29(36)16-12-27)33(40)23-39(30-17-13-28(35)14-18-30)44(42,43)31-19-9-25(3)10-20-31/h4-20,24,32H,21-23H2,1-3H3,(H,37,41)/t32-/m1/s1. The second-order valence-corrected chi connectivity index (χ2v) is 13.1. The summed E-state index contributed by atoms with van der Waals surface area (Å²) in [7, 11) is -4.22. The number of benzene rings is 4. The molecule has 0 radical (unpaired) electrons. The molecule has 2 amide bonds. The first kappa shape index (κ1) is 32.7. The number of amides is 2. The highest BCUT2D eigenvalue weighted by molar-refractivity contribution is 7.92. The number of carbonyl (C=O) groups is 2. The molecule has 10 heteroatoms. The van der Waals surface area contributed by atoms with Crippen LogP contribution in [-0.4, -0.2) is 43.8 Å². The highest BCUT2D eigenvalue weighted by Gasteiger charge is 2.34. The average molecular weight is 636 g/mol. The number of aryl methyl sites for hydroxylation is 1. The Kier molecular flexibility index (Phi) is 10.8. The van der Waals surface area contributed by atoms with E-state index in [0.29, 0.717) is 10.6 Å². The van der Waals surface area contributed by atoms with Crippen LogP contribution in [0.2, 0.25) is 5.02 Å². The minimum absolute atomic E-state index is 0.00863. The molecule has 1 N–H and O–H groups in total. The van der Waals surface area contributed by atoms with Crippen molar-refractivity contribution in [3.63, 3.8) is 0 Å². The highest BCUT2D eigenvalue weighted by atomic mass is 35.5. The minimum Gasteiger partial charge on any atom is -0.352 e. The zero-order valence-electron chi connectivity index (χ0n) is 24.8. The summed E-state index contributed by atoms with van der Waals surface area (Å²) in [6, 6.07) is 26.2. The van der Waals surface area contributed by atoms with Crippen LogP contribution in [0.4, 0.5) is 10.1 Å². The normalized spacial score (nSPS) is 12.0. The Morgan fingerprint density at radius 1 is 0.841 bits per heavy atom. The molecule has 230 valence electrons. The van der Waals surface area contributed by atoms with E-state index in [9.17, 15) is 22.4 Å². The van der Waals surface area contributed by atoms with Crippen LogP contribution < -0.4 is 9.62 Å². The van der Waals surface area contributed by atoms with Crippen molar-refractivity contribution >= 4 is 39.1 Å². The van der Waals surface area contributed by atoms with Gasteiger partial charge in [-0.2, -0.15) is 0 Å². The van der Waals surface area contributed by atoms with Gasteiger partial charge in [-0.05, 0) is 80.4 Å². The molecule has 4 rings (SSSR count). The van der Waals surface area contributed by atoms with Gasteiger partial charge in [0.1, 0.15) is 18.4 Å². The van der Waals surface area contributed by atoms with Gasteiger partial charge in [0, 0.05) is 24.0 Å². The zero-order chi connectivity index (χ0) is 31.9. The van der Waals surface area contributed by atoms with E-state index < -0.39 is 40.2 Å². The van der Waals surface area contributed by atoms with E-state index in [-0.39, 0.29) is 29.6 Å². The van der Waals surface area contributed by atoms with Gasteiger partial charge >= 0.3 is 0 Å². The number of anilines is 1. The molecule has 4 aromatic carbocycles. The third kappa shape index (κ3) is 8.45. The van der Waals surface area contributed by atoms with Crippen LogP contribution in [0.5, 0.6) is 0 Å². The van der Waals surface area contributed by atoms with E-state index in [0.717, 1.165) is 15.4 Å². The molecule has 7 nitrogen and oxygen atoms in total. The van der Waals surface area contributed by atoms with E-state index in [1.54, 1.807) is 24.3 Å². The molecular formula is C34H35ClFN3O4S. The summed E-state index contributed by atoms with van der Waals surface area (Å²) in [5, 5.41) is 3.31. The van der Waals surface area contributed by atoms with E-state index in [2.05, 4.69) is 5.32 Å². The molecule has 0 spiro atoms. The Balaban J connectivity index is 1.79. The summed E-state index contributed by atoms with van der Waals surface area (Å²) in [5.74, 6) is -1.44. The van der Waals surface area contributed by atoms with Crippen molar-refractivity contribution in [2.75, 3.05) is 10.8 Å². The van der Waals surface area contributed by atoms with Gasteiger partial charge in [0.15, 0.2) is 0 Å². The molecule has 0 aliphatic carbocycles. The lowest BCUT2D eigenvalue weighted by molar-refractivity contribution is -0.140. The molecule has 1 atom stereocenters. The van der Waals surface area contributed by atoms with E-state index in [1.165, 1.54) is 53.4 Å². The first-order valence-electron chi connectivity index (χ1n) is 14.2. The second kappa shape index (κ2) is 14.5. The van der Waals surface area contributed by atoms with Crippen LogP contribution in [0, 0.1) is 12.7 Å². The summed E-state index contributed by atoms with van der Waals surface area (Å²) in [4.78, 5) is 29.4. The zero-order valence-corrected chi connectivity index (χ0v) is 26.4. The number of hydrogen-bond donors (Lipinski definition) is 1. The van der Waals surface area contributed by atoms with Gasteiger partial charge < -0.3 is 10.2 Å². The van der Waals surface area contributed by atoms with E-state index >= 15 is 0 Å². The first-order chi connectivity index (χ1) is 20.9. The third-order valence-electron chi connectivity index (χ3n) is 6.97. The maximum Gasteiger partial charge on any atom is 0.264 e. The smallest absolute Gasteiger partial charge is 0.264 e. The first-order valence-corrected chi connectivity index (χ1v) is 16.0. The molecule has 44 heavy (non-hydrogen) atoms. The molecule has 0 saturated carbocycles. The topological polar surface area (TPSA) is 86.8 Å². The van der Waals surface area contributed by atoms with Crippen molar-refractivity contribution in [1.29, 1.82) is 0 Å². The van der Waals surface area contributed by atoms with Gasteiger partial charge in [-0.1, -0.05) is 71.8 Å². The Morgan fingerprint density at radius 3 is 2.05 bits per heavy atom. The van der Waals surface area contributed by atoms with Crippen molar-refractivity contribution in [2.24, 2.45) is 0 Å². The van der Waals surface area contributed by atoms with Crippen molar-refractivity contribution in [2.45, 2.75) is 50.7 Å². The number of nitrogens with zero attached hydrogens (tertiary/aromatic N) is 2. The largest absolute Gasteiger partial charge is 0.352 e. The Labute approximate surface area is 263 Å². The summed E-state index contributed by atoms with van der Waals surface area (Å²) in [5.41, 5.74) is 2.50. The predicted molar refractivity (Wildman–Crippen MR) is 171 cm³/mol. The Morgan fingerprint density at radius 2 is 1.45 bits per heavy atom. The maximum absolute atomic E-state index is 14.4. The molecular weight excluding hydrogens is 601 g/mol. The molecule has 0 aliphatic heterocycles. The fourth-order valence-electron chi connectivity index (χ4n) is 4.69. The second-order valence-electron chi connectivity index (χ2n) is 10.8. The average Bonchev–Trinajstić information content (AvgIpc) is 2.99.